The molecule has 1 saturated heterocycles. The van der Waals surface area contributed by atoms with Gasteiger partial charge in [0.15, 0.2) is 11.5 Å². The number of hydrogen-bond acceptors (Lipinski definition) is 4. The van der Waals surface area contributed by atoms with Gasteiger partial charge < -0.3 is 14.6 Å². The molecule has 0 saturated carbocycles. The number of H-pyrrole nitrogens is 1. The maximum atomic E-state index is 12.7. The average Bonchev–Trinajstić information content (AvgIpc) is 3.33. The largest absolute Gasteiger partial charge is 0.440 e. The molecule has 1 unspecified atom stereocenters. The fourth-order valence-electron chi connectivity index (χ4n) is 3.55. The summed E-state index contributed by atoms with van der Waals surface area (Å²) in [5.41, 5.74) is 3.55. The molecular formula is C21H27N5O2. The molecule has 148 valence electrons. The van der Waals surface area contributed by atoms with Gasteiger partial charge >= 0.3 is 6.03 Å². The van der Waals surface area contributed by atoms with Crippen molar-refractivity contribution in [1.82, 2.24) is 25.4 Å². The fraction of sp³-hybridized carbons (Fsp3) is 0.476. The summed E-state index contributed by atoms with van der Waals surface area (Å²) in [6.07, 6.45) is 1.92. The zero-order valence-electron chi connectivity index (χ0n) is 16.7. The molecule has 1 atom stereocenters. The monoisotopic (exact) mass is 381 g/mol. The number of rotatable bonds is 3. The summed E-state index contributed by atoms with van der Waals surface area (Å²) in [5, 5.41) is 10.3. The molecule has 1 fully saturated rings. The number of para-hydroxylation sites is 2. The van der Waals surface area contributed by atoms with Crippen LogP contribution in [0.5, 0.6) is 0 Å². The van der Waals surface area contributed by atoms with E-state index in [-0.39, 0.29) is 17.4 Å². The van der Waals surface area contributed by atoms with Crippen LogP contribution in [-0.4, -0.2) is 39.2 Å². The maximum absolute atomic E-state index is 12.7. The molecule has 4 rings (SSSR count). The highest BCUT2D eigenvalue weighted by atomic mass is 16.3. The molecule has 0 aliphatic carbocycles. The third kappa shape index (κ3) is 3.88. The highest BCUT2D eigenvalue weighted by molar-refractivity contribution is 5.74. The first kappa shape index (κ1) is 18.5. The van der Waals surface area contributed by atoms with Gasteiger partial charge in [0.2, 0.25) is 0 Å². The second-order valence-corrected chi connectivity index (χ2v) is 8.49. The molecule has 0 spiro atoms. The van der Waals surface area contributed by atoms with Gasteiger partial charge in [0, 0.05) is 18.5 Å². The number of aromatic nitrogens is 3. The molecular weight excluding hydrogens is 354 g/mol. The Kier molecular flexibility index (Phi) is 4.83. The summed E-state index contributed by atoms with van der Waals surface area (Å²) in [6, 6.07) is 9.72. The van der Waals surface area contributed by atoms with Crippen LogP contribution in [0.3, 0.4) is 0 Å². The van der Waals surface area contributed by atoms with Gasteiger partial charge in [-0.2, -0.15) is 5.10 Å². The number of likely N-dealkylation sites (tertiary alicyclic amines) is 1. The Balaban J connectivity index is 1.37. The molecule has 2 aromatic heterocycles. The molecule has 7 heteroatoms. The summed E-state index contributed by atoms with van der Waals surface area (Å²) in [5.74, 6) is 0.855. The van der Waals surface area contributed by atoms with Crippen molar-refractivity contribution in [2.75, 3.05) is 13.1 Å². The minimum Gasteiger partial charge on any atom is -0.440 e. The van der Waals surface area contributed by atoms with Crippen molar-refractivity contribution in [3.63, 3.8) is 0 Å². The van der Waals surface area contributed by atoms with E-state index in [1.54, 1.807) is 0 Å². The van der Waals surface area contributed by atoms with Gasteiger partial charge in [-0.25, -0.2) is 9.78 Å². The molecule has 2 N–H and O–H groups in total. The van der Waals surface area contributed by atoms with E-state index >= 15 is 0 Å². The van der Waals surface area contributed by atoms with Crippen molar-refractivity contribution >= 4 is 17.1 Å². The van der Waals surface area contributed by atoms with Crippen molar-refractivity contribution in [1.29, 1.82) is 0 Å². The third-order valence-electron chi connectivity index (χ3n) is 5.20. The van der Waals surface area contributed by atoms with Crippen LogP contribution in [0, 0.1) is 0 Å². The zero-order valence-corrected chi connectivity index (χ0v) is 16.7. The van der Waals surface area contributed by atoms with Crippen molar-refractivity contribution in [3.05, 3.63) is 47.6 Å². The van der Waals surface area contributed by atoms with Crippen LogP contribution >= 0.6 is 0 Å². The Morgan fingerprint density at radius 1 is 1.36 bits per heavy atom. The van der Waals surface area contributed by atoms with Gasteiger partial charge in [-0.3, -0.25) is 5.10 Å². The Labute approximate surface area is 164 Å². The number of amides is 2. The number of piperidine rings is 1. The van der Waals surface area contributed by atoms with Gasteiger partial charge in [0.1, 0.15) is 5.52 Å². The first-order valence-electron chi connectivity index (χ1n) is 9.83. The zero-order chi connectivity index (χ0) is 19.7. The van der Waals surface area contributed by atoms with Crippen molar-refractivity contribution in [2.45, 2.75) is 51.5 Å². The number of hydrogen-bond donors (Lipinski definition) is 2. The summed E-state index contributed by atoms with van der Waals surface area (Å²) in [4.78, 5) is 19.1. The Hall–Kier alpha value is -2.83. The minimum absolute atomic E-state index is 0.0154. The summed E-state index contributed by atoms with van der Waals surface area (Å²) < 4.78 is 5.92. The van der Waals surface area contributed by atoms with E-state index in [1.807, 2.05) is 35.2 Å². The molecule has 1 aromatic carbocycles. The summed E-state index contributed by atoms with van der Waals surface area (Å²) in [6.45, 7) is 8.15. The molecule has 7 nitrogen and oxygen atoms in total. The average molecular weight is 381 g/mol. The van der Waals surface area contributed by atoms with E-state index in [0.717, 1.165) is 47.8 Å². The van der Waals surface area contributed by atoms with Gasteiger partial charge in [-0.15, -0.1) is 0 Å². The quantitative estimate of drug-likeness (QED) is 0.719. The van der Waals surface area contributed by atoms with Crippen LogP contribution in [0.4, 0.5) is 4.79 Å². The SMILES string of the molecule is CC(C)(C)c1cc(CNC(=O)N2CCCC(c3nc4ccccc4o3)C2)[nH]n1. The predicted molar refractivity (Wildman–Crippen MR) is 107 cm³/mol. The number of carbonyl (C=O) groups is 1. The van der Waals surface area contributed by atoms with Gasteiger partial charge in [0.05, 0.1) is 23.9 Å². The lowest BCUT2D eigenvalue weighted by atomic mass is 9.92. The molecule has 1 aliphatic rings. The molecule has 1 aliphatic heterocycles. The van der Waals surface area contributed by atoms with E-state index in [1.165, 1.54) is 0 Å². The van der Waals surface area contributed by atoms with Crippen LogP contribution < -0.4 is 5.32 Å². The van der Waals surface area contributed by atoms with Crippen molar-refractivity contribution < 1.29 is 9.21 Å². The topological polar surface area (TPSA) is 87.0 Å². The number of fused-ring (bicyclic) bond motifs is 1. The van der Waals surface area contributed by atoms with E-state index in [9.17, 15) is 4.79 Å². The summed E-state index contributed by atoms with van der Waals surface area (Å²) in [7, 11) is 0. The maximum Gasteiger partial charge on any atom is 0.317 e. The van der Waals surface area contributed by atoms with Crippen LogP contribution in [-0.2, 0) is 12.0 Å². The number of benzene rings is 1. The first-order chi connectivity index (χ1) is 13.4. The number of nitrogens with zero attached hydrogens (tertiary/aromatic N) is 3. The Bertz CT molecular complexity index is 935. The van der Waals surface area contributed by atoms with Crippen LogP contribution in [0.15, 0.2) is 34.7 Å². The van der Waals surface area contributed by atoms with E-state index in [2.05, 4.69) is 41.3 Å². The van der Waals surface area contributed by atoms with Crippen molar-refractivity contribution in [3.8, 4) is 0 Å². The second kappa shape index (κ2) is 7.30. The first-order valence-corrected chi connectivity index (χ1v) is 9.83. The van der Waals surface area contributed by atoms with E-state index in [4.69, 9.17) is 4.42 Å². The fourth-order valence-corrected chi connectivity index (χ4v) is 3.55. The molecule has 0 bridgehead atoms. The standard InChI is InChI=1S/C21H27N5O2/c1-21(2,3)18-11-15(24-25-18)12-22-20(27)26-10-6-7-14(13-26)19-23-16-8-4-5-9-17(16)28-19/h4-5,8-9,11,14H,6-7,10,12-13H2,1-3H3,(H,22,27)(H,24,25). The van der Waals surface area contributed by atoms with Gasteiger partial charge in [-0.05, 0) is 31.0 Å². The summed E-state index contributed by atoms with van der Waals surface area (Å²) >= 11 is 0. The van der Waals surface area contributed by atoms with Crippen LogP contribution in [0.1, 0.15) is 56.8 Å². The smallest absolute Gasteiger partial charge is 0.317 e. The highest BCUT2D eigenvalue weighted by Crippen LogP contribution is 2.29. The number of nitrogens with one attached hydrogen (secondary N) is 2. The molecule has 3 heterocycles. The van der Waals surface area contributed by atoms with Crippen LogP contribution in [0.2, 0.25) is 0 Å². The van der Waals surface area contributed by atoms with Gasteiger partial charge in [-0.1, -0.05) is 32.9 Å². The Morgan fingerprint density at radius 3 is 2.93 bits per heavy atom. The highest BCUT2D eigenvalue weighted by Gasteiger charge is 2.28. The molecule has 0 radical (unpaired) electrons. The van der Waals surface area contributed by atoms with Crippen molar-refractivity contribution in [2.24, 2.45) is 0 Å². The van der Waals surface area contributed by atoms with E-state index in [0.29, 0.717) is 13.1 Å². The lowest BCUT2D eigenvalue weighted by Crippen LogP contribution is -2.44. The normalized spacial score (nSPS) is 17.8. The number of oxazole rings is 1. The molecule has 28 heavy (non-hydrogen) atoms. The lowest BCUT2D eigenvalue weighted by molar-refractivity contribution is 0.174. The van der Waals surface area contributed by atoms with Crippen LogP contribution in [0.25, 0.3) is 11.1 Å². The third-order valence-corrected chi connectivity index (χ3v) is 5.20. The number of carbonyl (C=O) groups excluding carboxylic acids is 1. The van der Waals surface area contributed by atoms with Gasteiger partial charge in [0.25, 0.3) is 0 Å². The lowest BCUT2D eigenvalue weighted by Gasteiger charge is -2.31. The molecule has 2 amide bonds. The Morgan fingerprint density at radius 2 is 2.18 bits per heavy atom. The second-order valence-electron chi connectivity index (χ2n) is 8.49. The number of urea groups is 1. The minimum atomic E-state index is -0.0623. The number of aromatic amines is 1. The molecule has 3 aromatic rings. The van der Waals surface area contributed by atoms with E-state index < -0.39 is 0 Å². The predicted octanol–water partition coefficient (Wildman–Crippen LogP) is 3.94.